The summed E-state index contributed by atoms with van der Waals surface area (Å²) in [6.07, 6.45) is 0. The first-order chi connectivity index (χ1) is 5.61. The Morgan fingerprint density at radius 2 is 1.75 bits per heavy atom. The summed E-state index contributed by atoms with van der Waals surface area (Å²) in [5, 5.41) is 0. The first kappa shape index (κ1) is 9.75. The number of nitrogens with zero attached hydrogens (tertiary/aromatic N) is 2. The van der Waals surface area contributed by atoms with Crippen LogP contribution in [0.15, 0.2) is 12.2 Å². The van der Waals surface area contributed by atoms with Gasteiger partial charge in [-0.1, -0.05) is 12.2 Å². The molecule has 0 saturated carbocycles. The molecule has 1 aliphatic heterocycles. The van der Waals surface area contributed by atoms with E-state index >= 15 is 0 Å². The maximum atomic E-state index is 3.99. The summed E-state index contributed by atoms with van der Waals surface area (Å²) in [6, 6.07) is 0.554. The van der Waals surface area contributed by atoms with Gasteiger partial charge in [0.2, 0.25) is 0 Å². The van der Waals surface area contributed by atoms with Crippen LogP contribution in [0, 0.1) is 0 Å². The Kier molecular flexibility index (Phi) is 3.29. The second kappa shape index (κ2) is 4.06. The van der Waals surface area contributed by atoms with Crippen molar-refractivity contribution in [1.29, 1.82) is 0 Å². The van der Waals surface area contributed by atoms with E-state index in [1.54, 1.807) is 0 Å². The Bertz CT molecular complexity index is 157. The summed E-state index contributed by atoms with van der Waals surface area (Å²) < 4.78 is 0. The number of likely N-dealkylation sites (N-methyl/N-ethyl adjacent to an activating group) is 1. The molecule has 0 spiro atoms. The van der Waals surface area contributed by atoms with Gasteiger partial charge in [-0.05, 0) is 20.9 Å². The van der Waals surface area contributed by atoms with Crippen molar-refractivity contribution in [3.05, 3.63) is 12.2 Å². The molecule has 0 aromatic carbocycles. The smallest absolute Gasteiger partial charge is 0.0275 e. The van der Waals surface area contributed by atoms with Crippen LogP contribution in [-0.4, -0.2) is 49.1 Å². The van der Waals surface area contributed by atoms with Gasteiger partial charge in [-0.25, -0.2) is 0 Å². The highest BCUT2D eigenvalue weighted by atomic mass is 15.3. The number of rotatable bonds is 2. The summed E-state index contributed by atoms with van der Waals surface area (Å²) in [5.74, 6) is 0. The maximum Gasteiger partial charge on any atom is 0.0275 e. The Hall–Kier alpha value is -0.340. The van der Waals surface area contributed by atoms with Gasteiger partial charge >= 0.3 is 0 Å². The van der Waals surface area contributed by atoms with Gasteiger partial charge in [-0.2, -0.15) is 0 Å². The van der Waals surface area contributed by atoms with E-state index in [4.69, 9.17) is 0 Å². The topological polar surface area (TPSA) is 6.48 Å². The lowest BCUT2D eigenvalue weighted by Crippen LogP contribution is -2.48. The van der Waals surface area contributed by atoms with E-state index < -0.39 is 0 Å². The third kappa shape index (κ3) is 2.32. The van der Waals surface area contributed by atoms with Gasteiger partial charge in [0.25, 0.3) is 0 Å². The minimum Gasteiger partial charge on any atom is -0.304 e. The van der Waals surface area contributed by atoms with Gasteiger partial charge in [0.1, 0.15) is 0 Å². The Morgan fingerprint density at radius 1 is 1.25 bits per heavy atom. The lowest BCUT2D eigenvalue weighted by molar-refractivity contribution is 0.132. The number of piperazine rings is 1. The van der Waals surface area contributed by atoms with Crippen LogP contribution in [0.25, 0.3) is 0 Å². The van der Waals surface area contributed by atoms with E-state index in [1.165, 1.54) is 31.8 Å². The normalized spacial score (nSPS) is 23.9. The molecule has 1 fully saturated rings. The predicted octanol–water partition coefficient (Wildman–Crippen LogP) is 1.20. The van der Waals surface area contributed by atoms with Crippen molar-refractivity contribution in [3.8, 4) is 0 Å². The van der Waals surface area contributed by atoms with Crippen LogP contribution in [0.4, 0.5) is 0 Å². The second-order valence-electron chi connectivity index (χ2n) is 3.86. The van der Waals surface area contributed by atoms with E-state index in [1.807, 2.05) is 0 Å². The molecular formula is C10H20N2. The molecule has 1 aliphatic rings. The number of hydrogen-bond acceptors (Lipinski definition) is 2. The monoisotopic (exact) mass is 168 g/mol. The summed E-state index contributed by atoms with van der Waals surface area (Å²) in [5.41, 5.74) is 1.28. The highest BCUT2D eigenvalue weighted by Crippen LogP contribution is 2.10. The molecule has 0 amide bonds. The summed E-state index contributed by atoms with van der Waals surface area (Å²) in [4.78, 5) is 4.88. The number of hydrogen-bond donors (Lipinski definition) is 0. The average molecular weight is 168 g/mol. The SMILES string of the molecule is C=C(C)C(C)N1CCN(C)CC1. The molecule has 70 valence electrons. The van der Waals surface area contributed by atoms with Crippen LogP contribution < -0.4 is 0 Å². The average Bonchev–Trinajstić information content (AvgIpc) is 2.04. The fourth-order valence-corrected chi connectivity index (χ4v) is 1.52. The predicted molar refractivity (Wildman–Crippen MR) is 53.3 cm³/mol. The Labute approximate surface area is 75.8 Å². The molecule has 0 aromatic rings. The van der Waals surface area contributed by atoms with Crippen molar-refractivity contribution in [2.75, 3.05) is 33.2 Å². The molecule has 1 saturated heterocycles. The first-order valence-electron chi connectivity index (χ1n) is 4.69. The van der Waals surface area contributed by atoms with Crippen LogP contribution in [0.1, 0.15) is 13.8 Å². The Balaban J connectivity index is 2.39. The molecule has 0 aliphatic carbocycles. The molecule has 1 heterocycles. The summed E-state index contributed by atoms with van der Waals surface area (Å²) in [7, 11) is 2.18. The second-order valence-corrected chi connectivity index (χ2v) is 3.86. The molecule has 0 N–H and O–H groups in total. The standard InChI is InChI=1S/C10H20N2/c1-9(2)10(3)12-7-5-11(4)6-8-12/h10H,1,5-8H2,2-4H3. The minimum atomic E-state index is 0.554. The van der Waals surface area contributed by atoms with E-state index in [0.717, 1.165) is 0 Å². The molecule has 1 atom stereocenters. The minimum absolute atomic E-state index is 0.554. The Morgan fingerprint density at radius 3 is 2.17 bits per heavy atom. The van der Waals surface area contributed by atoms with Crippen molar-refractivity contribution >= 4 is 0 Å². The van der Waals surface area contributed by atoms with Gasteiger partial charge < -0.3 is 4.90 Å². The van der Waals surface area contributed by atoms with Crippen molar-refractivity contribution in [1.82, 2.24) is 9.80 Å². The van der Waals surface area contributed by atoms with Gasteiger partial charge in [-0.15, -0.1) is 0 Å². The lowest BCUT2D eigenvalue weighted by Gasteiger charge is -2.36. The molecule has 12 heavy (non-hydrogen) atoms. The van der Waals surface area contributed by atoms with Crippen LogP contribution in [0.2, 0.25) is 0 Å². The fourth-order valence-electron chi connectivity index (χ4n) is 1.52. The molecule has 0 radical (unpaired) electrons. The molecule has 2 heteroatoms. The van der Waals surface area contributed by atoms with E-state index in [-0.39, 0.29) is 0 Å². The van der Waals surface area contributed by atoms with Gasteiger partial charge in [-0.3, -0.25) is 4.90 Å². The van der Waals surface area contributed by atoms with Crippen LogP contribution in [0.5, 0.6) is 0 Å². The highest BCUT2D eigenvalue weighted by Gasteiger charge is 2.18. The van der Waals surface area contributed by atoms with Gasteiger partial charge in [0, 0.05) is 32.2 Å². The third-order valence-corrected chi connectivity index (χ3v) is 2.80. The van der Waals surface area contributed by atoms with Crippen LogP contribution in [0.3, 0.4) is 0 Å². The van der Waals surface area contributed by atoms with Gasteiger partial charge in [0.15, 0.2) is 0 Å². The molecule has 0 bridgehead atoms. The van der Waals surface area contributed by atoms with Crippen molar-refractivity contribution in [3.63, 3.8) is 0 Å². The zero-order valence-electron chi connectivity index (χ0n) is 8.51. The summed E-state index contributed by atoms with van der Waals surface area (Å²) in [6.45, 7) is 13.1. The quantitative estimate of drug-likeness (QED) is 0.572. The zero-order valence-corrected chi connectivity index (χ0v) is 8.51. The fraction of sp³-hybridized carbons (Fsp3) is 0.800. The largest absolute Gasteiger partial charge is 0.304 e. The van der Waals surface area contributed by atoms with Gasteiger partial charge in [0.05, 0.1) is 0 Å². The van der Waals surface area contributed by atoms with Crippen LogP contribution in [-0.2, 0) is 0 Å². The van der Waals surface area contributed by atoms with Crippen molar-refractivity contribution < 1.29 is 0 Å². The van der Waals surface area contributed by atoms with E-state index in [9.17, 15) is 0 Å². The molecule has 1 rings (SSSR count). The van der Waals surface area contributed by atoms with E-state index in [2.05, 4.69) is 37.3 Å². The first-order valence-corrected chi connectivity index (χ1v) is 4.69. The molecule has 1 unspecified atom stereocenters. The highest BCUT2D eigenvalue weighted by molar-refractivity contribution is 5.00. The third-order valence-electron chi connectivity index (χ3n) is 2.80. The zero-order chi connectivity index (χ0) is 9.14. The lowest BCUT2D eigenvalue weighted by atomic mass is 10.1. The van der Waals surface area contributed by atoms with Crippen LogP contribution >= 0.6 is 0 Å². The van der Waals surface area contributed by atoms with E-state index in [0.29, 0.717) is 6.04 Å². The maximum absolute atomic E-state index is 3.99. The summed E-state index contributed by atoms with van der Waals surface area (Å²) >= 11 is 0. The molecule has 0 aromatic heterocycles. The van der Waals surface area contributed by atoms with Crippen molar-refractivity contribution in [2.45, 2.75) is 19.9 Å². The molecule has 2 nitrogen and oxygen atoms in total. The van der Waals surface area contributed by atoms with Crippen molar-refractivity contribution in [2.24, 2.45) is 0 Å². The molecular weight excluding hydrogens is 148 g/mol.